The smallest absolute Gasteiger partial charge is 0.119 e. The molecule has 1 aromatic rings. The predicted octanol–water partition coefficient (Wildman–Crippen LogP) is 1.98. The Hall–Kier alpha value is -1.02. The molecule has 0 aliphatic heterocycles. The molecule has 0 radical (unpaired) electrons. The van der Waals surface area contributed by atoms with E-state index in [2.05, 4.69) is 24.4 Å². The van der Waals surface area contributed by atoms with Gasteiger partial charge in [0.2, 0.25) is 0 Å². The van der Waals surface area contributed by atoms with E-state index in [0.717, 1.165) is 25.3 Å². The second-order valence-corrected chi connectivity index (χ2v) is 3.12. The van der Waals surface area contributed by atoms with E-state index in [1.54, 1.807) is 0 Å². The molecule has 0 fully saturated rings. The first-order chi connectivity index (χ1) is 6.33. The molecule has 0 aromatic heterocycles. The van der Waals surface area contributed by atoms with Gasteiger partial charge in [-0.25, -0.2) is 0 Å². The van der Waals surface area contributed by atoms with Gasteiger partial charge in [0.05, 0.1) is 6.61 Å². The lowest BCUT2D eigenvalue weighted by molar-refractivity contribution is 0.310. The van der Waals surface area contributed by atoms with Crippen LogP contribution < -0.4 is 10.1 Å². The lowest BCUT2D eigenvalue weighted by Gasteiger charge is -2.05. The number of nitrogens with one attached hydrogen (secondary N) is 1. The van der Waals surface area contributed by atoms with Crippen molar-refractivity contribution in [3.05, 3.63) is 29.8 Å². The normalized spacial score (nSPS) is 10.0. The van der Waals surface area contributed by atoms with Crippen LogP contribution in [0, 0.1) is 6.92 Å². The highest BCUT2D eigenvalue weighted by molar-refractivity contribution is 5.26. The zero-order chi connectivity index (χ0) is 9.52. The molecule has 2 heteroatoms. The van der Waals surface area contributed by atoms with Crippen LogP contribution in [0.15, 0.2) is 24.3 Å². The Morgan fingerprint density at radius 3 is 2.54 bits per heavy atom. The molecule has 72 valence electrons. The van der Waals surface area contributed by atoms with Gasteiger partial charge in [0.25, 0.3) is 0 Å². The number of aryl methyl sites for hydroxylation is 1. The molecule has 0 heterocycles. The first-order valence-corrected chi connectivity index (χ1v) is 4.67. The van der Waals surface area contributed by atoms with Gasteiger partial charge in [-0.15, -0.1) is 0 Å². The first kappa shape index (κ1) is 10.1. The molecule has 0 saturated carbocycles. The fourth-order valence-corrected chi connectivity index (χ4v) is 1.07. The van der Waals surface area contributed by atoms with Crippen molar-refractivity contribution < 1.29 is 4.74 Å². The maximum Gasteiger partial charge on any atom is 0.119 e. The standard InChI is InChI=1S/C11H17NO/c1-10-4-6-11(7-5-10)13-9-3-8-12-2/h4-7,12H,3,8-9H2,1-2H3. The topological polar surface area (TPSA) is 21.3 Å². The zero-order valence-electron chi connectivity index (χ0n) is 8.34. The summed E-state index contributed by atoms with van der Waals surface area (Å²) in [6.07, 6.45) is 1.05. The van der Waals surface area contributed by atoms with E-state index in [0.29, 0.717) is 0 Å². The Morgan fingerprint density at radius 1 is 1.23 bits per heavy atom. The molecule has 0 saturated heterocycles. The van der Waals surface area contributed by atoms with Gasteiger partial charge in [0.1, 0.15) is 5.75 Å². The third-order valence-corrected chi connectivity index (χ3v) is 1.86. The number of rotatable bonds is 5. The van der Waals surface area contributed by atoms with Gasteiger partial charge in [0, 0.05) is 0 Å². The quantitative estimate of drug-likeness (QED) is 0.698. The third kappa shape index (κ3) is 3.95. The molecule has 1 rings (SSSR count). The predicted molar refractivity (Wildman–Crippen MR) is 55.2 cm³/mol. The van der Waals surface area contributed by atoms with Crippen LogP contribution in [0.1, 0.15) is 12.0 Å². The van der Waals surface area contributed by atoms with Gasteiger partial charge in [-0.2, -0.15) is 0 Å². The third-order valence-electron chi connectivity index (χ3n) is 1.86. The van der Waals surface area contributed by atoms with E-state index in [4.69, 9.17) is 4.74 Å². The van der Waals surface area contributed by atoms with Crippen molar-refractivity contribution in [3.8, 4) is 5.75 Å². The van der Waals surface area contributed by atoms with E-state index in [-0.39, 0.29) is 0 Å². The second kappa shape index (κ2) is 5.60. The number of benzene rings is 1. The fourth-order valence-electron chi connectivity index (χ4n) is 1.07. The summed E-state index contributed by atoms with van der Waals surface area (Å²) in [5.41, 5.74) is 1.27. The largest absolute Gasteiger partial charge is 0.494 e. The average molecular weight is 179 g/mol. The number of hydrogen-bond donors (Lipinski definition) is 1. The lowest BCUT2D eigenvalue weighted by atomic mass is 10.2. The van der Waals surface area contributed by atoms with Crippen molar-refractivity contribution >= 4 is 0 Å². The van der Waals surface area contributed by atoms with Crippen molar-refractivity contribution in [1.82, 2.24) is 5.32 Å². The molecule has 13 heavy (non-hydrogen) atoms. The molecule has 0 bridgehead atoms. The Bertz CT molecular complexity index is 230. The monoisotopic (exact) mass is 179 g/mol. The fraction of sp³-hybridized carbons (Fsp3) is 0.455. The van der Waals surface area contributed by atoms with Crippen LogP contribution in [-0.4, -0.2) is 20.2 Å². The summed E-state index contributed by atoms with van der Waals surface area (Å²) in [6, 6.07) is 8.14. The summed E-state index contributed by atoms with van der Waals surface area (Å²) in [4.78, 5) is 0. The minimum Gasteiger partial charge on any atom is -0.494 e. The minimum absolute atomic E-state index is 0.782. The van der Waals surface area contributed by atoms with Gasteiger partial charge in [-0.05, 0) is 39.1 Å². The summed E-state index contributed by atoms with van der Waals surface area (Å²) in [5, 5.41) is 3.08. The molecule has 0 aliphatic rings. The first-order valence-electron chi connectivity index (χ1n) is 4.67. The number of hydrogen-bond acceptors (Lipinski definition) is 2. The molecule has 0 unspecified atom stereocenters. The van der Waals surface area contributed by atoms with E-state index < -0.39 is 0 Å². The Morgan fingerprint density at radius 2 is 1.92 bits per heavy atom. The van der Waals surface area contributed by atoms with Crippen LogP contribution in [0.3, 0.4) is 0 Å². The van der Waals surface area contributed by atoms with Crippen LogP contribution in [0.4, 0.5) is 0 Å². The number of ether oxygens (including phenoxy) is 1. The van der Waals surface area contributed by atoms with Crippen LogP contribution in [-0.2, 0) is 0 Å². The Labute approximate surface area is 79.9 Å². The van der Waals surface area contributed by atoms with E-state index in [1.165, 1.54) is 5.56 Å². The molecule has 0 spiro atoms. The Kier molecular flexibility index (Phi) is 4.33. The van der Waals surface area contributed by atoms with E-state index in [9.17, 15) is 0 Å². The van der Waals surface area contributed by atoms with E-state index in [1.807, 2.05) is 19.2 Å². The minimum atomic E-state index is 0.782. The van der Waals surface area contributed by atoms with Gasteiger partial charge in [-0.3, -0.25) is 0 Å². The molecule has 1 N–H and O–H groups in total. The van der Waals surface area contributed by atoms with Crippen molar-refractivity contribution in [1.29, 1.82) is 0 Å². The second-order valence-electron chi connectivity index (χ2n) is 3.12. The van der Waals surface area contributed by atoms with E-state index >= 15 is 0 Å². The maximum atomic E-state index is 5.52. The average Bonchev–Trinajstić information content (AvgIpc) is 2.15. The van der Waals surface area contributed by atoms with Gasteiger partial charge in [0.15, 0.2) is 0 Å². The van der Waals surface area contributed by atoms with Crippen LogP contribution in [0.2, 0.25) is 0 Å². The molecular formula is C11H17NO. The van der Waals surface area contributed by atoms with Crippen LogP contribution in [0.25, 0.3) is 0 Å². The highest BCUT2D eigenvalue weighted by Gasteiger charge is 1.91. The highest BCUT2D eigenvalue weighted by atomic mass is 16.5. The van der Waals surface area contributed by atoms with Gasteiger partial charge in [-0.1, -0.05) is 17.7 Å². The van der Waals surface area contributed by atoms with Crippen molar-refractivity contribution in [2.75, 3.05) is 20.2 Å². The van der Waals surface area contributed by atoms with Crippen molar-refractivity contribution in [2.45, 2.75) is 13.3 Å². The molecular weight excluding hydrogens is 162 g/mol. The summed E-state index contributed by atoms with van der Waals surface area (Å²) in [7, 11) is 1.95. The summed E-state index contributed by atoms with van der Waals surface area (Å²) >= 11 is 0. The Balaban J connectivity index is 2.25. The molecule has 1 aromatic carbocycles. The van der Waals surface area contributed by atoms with Crippen molar-refractivity contribution in [2.24, 2.45) is 0 Å². The van der Waals surface area contributed by atoms with Gasteiger partial charge < -0.3 is 10.1 Å². The van der Waals surface area contributed by atoms with Gasteiger partial charge >= 0.3 is 0 Å². The van der Waals surface area contributed by atoms with Crippen LogP contribution >= 0.6 is 0 Å². The zero-order valence-corrected chi connectivity index (χ0v) is 8.34. The maximum absolute atomic E-state index is 5.52. The molecule has 0 amide bonds. The molecule has 0 atom stereocenters. The lowest BCUT2D eigenvalue weighted by Crippen LogP contribution is -2.11. The van der Waals surface area contributed by atoms with Crippen molar-refractivity contribution in [3.63, 3.8) is 0 Å². The SMILES string of the molecule is CNCCCOc1ccc(C)cc1. The molecule has 2 nitrogen and oxygen atoms in total. The summed E-state index contributed by atoms with van der Waals surface area (Å²) in [6.45, 7) is 3.86. The summed E-state index contributed by atoms with van der Waals surface area (Å²) < 4.78 is 5.52. The molecule has 0 aliphatic carbocycles. The van der Waals surface area contributed by atoms with Crippen LogP contribution in [0.5, 0.6) is 5.75 Å². The summed E-state index contributed by atoms with van der Waals surface area (Å²) in [5.74, 6) is 0.960. The highest BCUT2D eigenvalue weighted by Crippen LogP contribution is 2.11.